The summed E-state index contributed by atoms with van der Waals surface area (Å²) in [6, 6.07) is 64.9. The number of aromatic nitrogens is 4. The van der Waals surface area contributed by atoms with E-state index >= 15 is 0 Å². The first-order valence-electron chi connectivity index (χ1n) is 23.2. The zero-order chi connectivity index (χ0) is 46.3. The molecule has 0 spiro atoms. The maximum absolute atomic E-state index is 6.96. The van der Waals surface area contributed by atoms with Gasteiger partial charge in [0.15, 0.2) is 0 Å². The Morgan fingerprint density at radius 3 is 1.99 bits per heavy atom. The molecule has 6 nitrogen and oxygen atoms in total. The zero-order valence-electron chi connectivity index (χ0n) is 39.2. The van der Waals surface area contributed by atoms with E-state index in [1.54, 1.807) is 0 Å². The van der Waals surface area contributed by atoms with Crippen molar-refractivity contribution in [1.82, 2.24) is 19.1 Å². The summed E-state index contributed by atoms with van der Waals surface area (Å²) >= 11 is 0. The molecule has 69 heavy (non-hydrogen) atoms. The molecule has 12 rings (SSSR count). The largest absolute Gasteiger partial charge is 2.00 e. The fraction of sp³-hybridized carbons (Fsp3) is 0.129. The summed E-state index contributed by atoms with van der Waals surface area (Å²) in [6.07, 6.45) is 5.86. The van der Waals surface area contributed by atoms with Crippen LogP contribution in [0.1, 0.15) is 52.7 Å². The smallest absolute Gasteiger partial charge is 0.503 e. The predicted molar refractivity (Wildman–Crippen MR) is 278 cm³/mol. The van der Waals surface area contributed by atoms with Crippen molar-refractivity contribution in [2.24, 2.45) is 0 Å². The molecule has 4 aromatic heterocycles. The number of hydrogen-bond donors (Lipinski definition) is 0. The molecular weight excluding hydrogens is 1030 g/mol. The number of hydrogen-bond acceptors (Lipinski definition) is 4. The predicted octanol–water partition coefficient (Wildman–Crippen LogP) is 16.4. The molecule has 0 aliphatic rings. The molecular formula is C62H48N4O2Pt. The van der Waals surface area contributed by atoms with Crippen LogP contribution in [0.5, 0.6) is 11.5 Å². The Kier molecular flexibility index (Phi) is 10.8. The molecule has 7 heteroatoms. The van der Waals surface area contributed by atoms with Crippen LogP contribution >= 0.6 is 0 Å². The number of nitrogens with zero attached hydrogens (tertiary/aromatic N) is 4. The van der Waals surface area contributed by atoms with Crippen LogP contribution in [-0.4, -0.2) is 19.1 Å². The number of ether oxygens (including phenoxy) is 1. The standard InChI is InChI=1S/C62H48N4O2.Pt/c1-61(2,3)44-26-31-57(64-38-44)66-54-19-13-12-18-48(54)49-29-27-45(37-56(49)66)67-46-35-51-50-28-24-42-16-10-11-17-47(42)58(50)68-59(51)52(36-46)60-63-32-33-65(60)55-30-25-43(34-53(55)62(4,5)6)41-22-20-40(21-23-41)39-14-8-7-9-15-39;/h7-35,38H,1-6H3;/q-2;+2. The summed E-state index contributed by atoms with van der Waals surface area (Å²) in [5.41, 5.74) is 12.0. The third-order valence-electron chi connectivity index (χ3n) is 13.2. The van der Waals surface area contributed by atoms with E-state index in [1.807, 2.05) is 30.7 Å². The van der Waals surface area contributed by atoms with Crippen molar-refractivity contribution in [1.29, 1.82) is 0 Å². The number of rotatable bonds is 7. The molecule has 0 aliphatic heterocycles. The number of imidazole rings is 1. The van der Waals surface area contributed by atoms with Gasteiger partial charge < -0.3 is 18.3 Å². The Balaban J connectivity index is 0.00000520. The molecule has 0 bridgehead atoms. The van der Waals surface area contributed by atoms with E-state index in [1.165, 1.54) is 22.3 Å². The van der Waals surface area contributed by atoms with E-state index in [9.17, 15) is 0 Å². The maximum atomic E-state index is 6.96. The van der Waals surface area contributed by atoms with Crippen molar-refractivity contribution in [2.45, 2.75) is 52.4 Å². The Morgan fingerprint density at radius 2 is 1.23 bits per heavy atom. The Labute approximate surface area is 416 Å². The second-order valence-electron chi connectivity index (χ2n) is 19.8. The first-order valence-corrected chi connectivity index (χ1v) is 23.2. The molecule has 12 aromatic rings. The molecule has 0 fully saturated rings. The average Bonchev–Trinajstić information content (AvgIpc) is 4.08. The third-order valence-corrected chi connectivity index (χ3v) is 13.2. The van der Waals surface area contributed by atoms with Gasteiger partial charge in [-0.25, -0.2) is 4.98 Å². The van der Waals surface area contributed by atoms with Crippen molar-refractivity contribution in [3.05, 3.63) is 206 Å². The summed E-state index contributed by atoms with van der Waals surface area (Å²) < 4.78 is 18.2. The van der Waals surface area contributed by atoms with Gasteiger partial charge in [0.2, 0.25) is 0 Å². The Bertz CT molecular complexity index is 3890. The fourth-order valence-corrected chi connectivity index (χ4v) is 9.68. The van der Waals surface area contributed by atoms with Crippen molar-refractivity contribution in [3.8, 4) is 56.6 Å². The van der Waals surface area contributed by atoms with E-state index in [-0.39, 0.29) is 31.9 Å². The van der Waals surface area contributed by atoms with E-state index in [4.69, 9.17) is 19.1 Å². The summed E-state index contributed by atoms with van der Waals surface area (Å²) in [7, 11) is 0. The average molecular weight is 1080 g/mol. The minimum absolute atomic E-state index is 0. The van der Waals surface area contributed by atoms with Gasteiger partial charge in [-0.3, -0.25) is 4.98 Å². The summed E-state index contributed by atoms with van der Waals surface area (Å²) in [5.74, 6) is 2.59. The number of furan rings is 1. The number of pyridine rings is 1. The van der Waals surface area contributed by atoms with Crippen LogP contribution in [0.2, 0.25) is 0 Å². The van der Waals surface area contributed by atoms with E-state index in [2.05, 4.69) is 214 Å². The summed E-state index contributed by atoms with van der Waals surface area (Å²) in [4.78, 5) is 10.1. The van der Waals surface area contributed by atoms with Crippen molar-refractivity contribution < 1.29 is 30.2 Å². The van der Waals surface area contributed by atoms with Crippen LogP contribution in [0.15, 0.2) is 187 Å². The number of para-hydroxylation sites is 1. The zero-order valence-corrected chi connectivity index (χ0v) is 41.5. The molecule has 0 N–H and O–H groups in total. The van der Waals surface area contributed by atoms with Gasteiger partial charge in [0.1, 0.15) is 11.4 Å². The van der Waals surface area contributed by atoms with E-state index in [0.29, 0.717) is 28.5 Å². The van der Waals surface area contributed by atoms with Gasteiger partial charge in [0.05, 0.1) is 11.4 Å². The van der Waals surface area contributed by atoms with Crippen LogP contribution in [-0.2, 0) is 31.9 Å². The van der Waals surface area contributed by atoms with E-state index < -0.39 is 0 Å². The normalized spacial score (nSPS) is 12.1. The van der Waals surface area contributed by atoms with Crippen LogP contribution in [0.25, 0.3) is 99.7 Å². The molecule has 0 atom stereocenters. The molecule has 0 radical (unpaired) electrons. The molecule has 338 valence electrons. The monoisotopic (exact) mass is 1080 g/mol. The Morgan fingerprint density at radius 1 is 0.536 bits per heavy atom. The first-order chi connectivity index (χ1) is 33.0. The van der Waals surface area contributed by atoms with Crippen LogP contribution in [0.3, 0.4) is 0 Å². The molecule has 0 saturated carbocycles. The van der Waals surface area contributed by atoms with Gasteiger partial charge in [-0.05, 0) is 79.2 Å². The Hall–Kier alpha value is -7.53. The first kappa shape index (κ1) is 44.0. The van der Waals surface area contributed by atoms with Crippen LogP contribution in [0, 0.1) is 12.1 Å². The van der Waals surface area contributed by atoms with Gasteiger partial charge in [-0.2, -0.15) is 6.07 Å². The third kappa shape index (κ3) is 7.74. The van der Waals surface area contributed by atoms with Crippen LogP contribution in [0.4, 0.5) is 0 Å². The minimum Gasteiger partial charge on any atom is -0.503 e. The molecule has 8 aromatic carbocycles. The van der Waals surface area contributed by atoms with Crippen molar-refractivity contribution in [2.75, 3.05) is 0 Å². The van der Waals surface area contributed by atoms with E-state index in [0.717, 1.165) is 71.6 Å². The van der Waals surface area contributed by atoms with Crippen molar-refractivity contribution in [3.63, 3.8) is 0 Å². The SMILES string of the molecule is CC(C)(C)c1ccc(-n2c3[c-]c(Oc4[c-]c(-c5nccn5-c5ccc(-c6ccc(-c7ccccc7)cc6)cc5C(C)(C)C)c5oc6c7ccccc7ccc6c5c4)ccc3c3ccccc32)nc1.[Pt+2]. The quantitative estimate of drug-likeness (QED) is 0.149. The number of benzene rings is 8. The maximum Gasteiger partial charge on any atom is 2.00 e. The molecule has 4 heterocycles. The van der Waals surface area contributed by atoms with Crippen LogP contribution < -0.4 is 4.74 Å². The van der Waals surface area contributed by atoms with Gasteiger partial charge in [-0.1, -0.05) is 191 Å². The summed E-state index contributed by atoms with van der Waals surface area (Å²) in [6.45, 7) is 13.4. The second kappa shape index (κ2) is 16.9. The summed E-state index contributed by atoms with van der Waals surface area (Å²) in [5, 5.41) is 6.22. The van der Waals surface area contributed by atoms with Crippen molar-refractivity contribution >= 4 is 54.5 Å². The second-order valence-corrected chi connectivity index (χ2v) is 19.8. The topological polar surface area (TPSA) is 58.0 Å². The molecule has 0 saturated heterocycles. The van der Waals surface area contributed by atoms with Gasteiger partial charge in [0.25, 0.3) is 0 Å². The molecule has 0 aliphatic carbocycles. The molecule has 0 amide bonds. The number of fused-ring (bicyclic) bond motifs is 8. The van der Waals surface area contributed by atoms with Gasteiger partial charge in [0, 0.05) is 52.1 Å². The minimum atomic E-state index is -0.208. The fourth-order valence-electron chi connectivity index (χ4n) is 9.68. The molecule has 0 unspecified atom stereocenters. The van der Waals surface area contributed by atoms with Gasteiger partial charge in [-0.15, -0.1) is 17.5 Å². The van der Waals surface area contributed by atoms with Gasteiger partial charge >= 0.3 is 21.1 Å².